The first-order valence-corrected chi connectivity index (χ1v) is 7.70. The molecule has 0 bridgehead atoms. The predicted octanol–water partition coefficient (Wildman–Crippen LogP) is 2.93. The fraction of sp³-hybridized carbons (Fsp3) is 0.188. The van der Waals surface area contributed by atoms with Crippen LogP contribution in [0.5, 0.6) is 0 Å². The molecule has 0 N–H and O–H groups in total. The van der Waals surface area contributed by atoms with Gasteiger partial charge >= 0.3 is 5.97 Å². The summed E-state index contributed by atoms with van der Waals surface area (Å²) in [6.07, 6.45) is 1.39. The van der Waals surface area contributed by atoms with Crippen molar-refractivity contribution in [1.29, 1.82) is 0 Å². The largest absolute Gasteiger partial charge is 0.503 e. The second-order valence-electron chi connectivity index (χ2n) is 4.76. The van der Waals surface area contributed by atoms with E-state index in [1.54, 1.807) is 4.52 Å². The number of ether oxygens (including phenoxy) is 2. The van der Waals surface area contributed by atoms with E-state index in [0.717, 1.165) is 11.3 Å². The van der Waals surface area contributed by atoms with Crippen molar-refractivity contribution in [3.05, 3.63) is 47.3 Å². The number of nitrogens with zero attached hydrogens (tertiary/aromatic N) is 3. The van der Waals surface area contributed by atoms with Crippen LogP contribution in [0.25, 0.3) is 21.8 Å². The highest BCUT2D eigenvalue weighted by Gasteiger charge is 2.24. The van der Waals surface area contributed by atoms with Gasteiger partial charge in [0, 0.05) is 5.56 Å². The summed E-state index contributed by atoms with van der Waals surface area (Å²) in [6, 6.07) is 9.73. The predicted molar refractivity (Wildman–Crippen MR) is 88.0 cm³/mol. The van der Waals surface area contributed by atoms with E-state index < -0.39 is 5.97 Å². The van der Waals surface area contributed by atoms with Crippen LogP contribution in [0.2, 0.25) is 0 Å². The van der Waals surface area contributed by atoms with E-state index in [1.807, 2.05) is 37.3 Å². The van der Waals surface area contributed by atoms with Crippen molar-refractivity contribution in [3.63, 3.8) is 0 Å². The molecule has 0 saturated carbocycles. The summed E-state index contributed by atoms with van der Waals surface area (Å²) in [5.41, 5.74) is 2.06. The van der Waals surface area contributed by atoms with Gasteiger partial charge < -0.3 is 9.47 Å². The molecule has 0 radical (unpaired) electrons. The Morgan fingerprint density at radius 3 is 2.65 bits per heavy atom. The number of fused-ring (bicyclic) bond motifs is 1. The minimum Gasteiger partial charge on any atom is -0.503 e. The van der Waals surface area contributed by atoms with Crippen LogP contribution in [-0.2, 0) is 14.3 Å². The number of aryl methyl sites for hydroxylation is 1. The third-order valence-corrected chi connectivity index (χ3v) is 4.30. The SMILES string of the molecule is COC=C(C(=O)OC)c1sc2nc(C)nn2c1-c1ccccc1. The number of aromatic nitrogens is 3. The van der Waals surface area contributed by atoms with Crippen LogP contribution in [0.4, 0.5) is 0 Å². The van der Waals surface area contributed by atoms with Gasteiger partial charge in [-0.25, -0.2) is 14.3 Å². The van der Waals surface area contributed by atoms with Crippen LogP contribution >= 0.6 is 11.3 Å². The number of benzene rings is 1. The first-order chi connectivity index (χ1) is 11.2. The van der Waals surface area contributed by atoms with E-state index in [0.29, 0.717) is 21.2 Å². The lowest BCUT2D eigenvalue weighted by Crippen LogP contribution is -2.05. The van der Waals surface area contributed by atoms with E-state index in [1.165, 1.54) is 31.8 Å². The summed E-state index contributed by atoms with van der Waals surface area (Å²) in [5.74, 6) is 0.209. The van der Waals surface area contributed by atoms with Gasteiger partial charge in [0.05, 0.1) is 31.1 Å². The second kappa shape index (κ2) is 6.21. The molecule has 0 aliphatic rings. The first kappa shape index (κ1) is 15.2. The fourth-order valence-corrected chi connectivity index (χ4v) is 3.42. The minimum absolute atomic E-state index is 0.337. The molecule has 0 amide bonds. The minimum atomic E-state index is -0.467. The average molecular weight is 329 g/mol. The molecular weight excluding hydrogens is 314 g/mol. The van der Waals surface area contributed by atoms with Gasteiger partial charge in [0.2, 0.25) is 4.96 Å². The van der Waals surface area contributed by atoms with E-state index in [-0.39, 0.29) is 0 Å². The summed E-state index contributed by atoms with van der Waals surface area (Å²) >= 11 is 1.37. The summed E-state index contributed by atoms with van der Waals surface area (Å²) in [7, 11) is 2.83. The summed E-state index contributed by atoms with van der Waals surface area (Å²) < 4.78 is 11.7. The Hall–Kier alpha value is -2.67. The molecule has 3 aromatic rings. The van der Waals surface area contributed by atoms with Crippen LogP contribution in [0.1, 0.15) is 10.7 Å². The molecule has 7 heteroatoms. The topological polar surface area (TPSA) is 65.7 Å². The van der Waals surface area contributed by atoms with Crippen LogP contribution in [0.3, 0.4) is 0 Å². The van der Waals surface area contributed by atoms with Crippen LogP contribution in [0, 0.1) is 6.92 Å². The van der Waals surface area contributed by atoms with Gasteiger partial charge in [0.25, 0.3) is 0 Å². The number of rotatable bonds is 4. The molecular formula is C16H15N3O3S. The number of hydrogen-bond acceptors (Lipinski definition) is 6. The molecule has 0 atom stereocenters. The zero-order valence-electron chi connectivity index (χ0n) is 12.9. The number of esters is 1. The highest BCUT2D eigenvalue weighted by molar-refractivity contribution is 7.18. The Morgan fingerprint density at radius 1 is 1.26 bits per heavy atom. The average Bonchev–Trinajstić information content (AvgIpc) is 3.08. The van der Waals surface area contributed by atoms with Crippen molar-refractivity contribution in [2.24, 2.45) is 0 Å². The lowest BCUT2D eigenvalue weighted by atomic mass is 10.1. The van der Waals surface area contributed by atoms with Crippen molar-refractivity contribution < 1.29 is 14.3 Å². The second-order valence-corrected chi connectivity index (χ2v) is 5.74. The molecule has 0 unspecified atom stereocenters. The molecule has 0 aliphatic heterocycles. The molecule has 0 saturated heterocycles. The van der Waals surface area contributed by atoms with Crippen LogP contribution in [-0.4, -0.2) is 34.8 Å². The molecule has 118 valence electrons. The van der Waals surface area contributed by atoms with E-state index in [9.17, 15) is 4.79 Å². The number of carbonyl (C=O) groups excluding carboxylic acids is 1. The monoisotopic (exact) mass is 329 g/mol. The van der Waals surface area contributed by atoms with Gasteiger partial charge in [0.1, 0.15) is 11.4 Å². The molecule has 6 nitrogen and oxygen atoms in total. The fourth-order valence-electron chi connectivity index (χ4n) is 2.30. The lowest BCUT2D eigenvalue weighted by molar-refractivity contribution is -0.133. The first-order valence-electron chi connectivity index (χ1n) is 6.89. The highest BCUT2D eigenvalue weighted by atomic mass is 32.1. The third-order valence-electron chi connectivity index (χ3n) is 3.24. The van der Waals surface area contributed by atoms with Gasteiger partial charge in [-0.3, -0.25) is 0 Å². The smallest absolute Gasteiger partial charge is 0.342 e. The van der Waals surface area contributed by atoms with Gasteiger partial charge in [-0.2, -0.15) is 5.10 Å². The standard InChI is InChI=1S/C16H15N3O3S/c1-10-17-16-19(18-10)13(11-7-5-4-6-8-11)14(23-16)12(9-21-2)15(20)22-3/h4-9H,1-3H3. The molecule has 0 aliphatic carbocycles. The Labute approximate surface area is 137 Å². The van der Waals surface area contributed by atoms with Crippen molar-refractivity contribution >= 4 is 27.8 Å². The lowest BCUT2D eigenvalue weighted by Gasteiger charge is -2.07. The number of hydrogen-bond donors (Lipinski definition) is 0. The summed E-state index contributed by atoms with van der Waals surface area (Å²) in [6.45, 7) is 1.83. The summed E-state index contributed by atoms with van der Waals surface area (Å²) in [5, 5.41) is 4.43. The van der Waals surface area contributed by atoms with Crippen LogP contribution < -0.4 is 0 Å². The Morgan fingerprint density at radius 2 is 2.00 bits per heavy atom. The van der Waals surface area contributed by atoms with E-state index >= 15 is 0 Å². The number of methoxy groups -OCH3 is 2. The Bertz CT molecular complexity index is 881. The van der Waals surface area contributed by atoms with Crippen molar-refractivity contribution in [3.8, 4) is 11.3 Å². The summed E-state index contributed by atoms with van der Waals surface area (Å²) in [4.78, 5) is 18.0. The maximum Gasteiger partial charge on any atom is 0.342 e. The molecule has 0 fully saturated rings. The van der Waals surface area contributed by atoms with Gasteiger partial charge in [-0.15, -0.1) is 0 Å². The normalized spacial score (nSPS) is 11.7. The molecule has 1 aromatic carbocycles. The quantitative estimate of drug-likeness (QED) is 0.418. The van der Waals surface area contributed by atoms with Crippen molar-refractivity contribution in [1.82, 2.24) is 14.6 Å². The molecule has 2 aromatic heterocycles. The Kier molecular flexibility index (Phi) is 4.12. The Balaban J connectivity index is 2.30. The molecule has 3 rings (SSSR count). The molecule has 0 spiro atoms. The van der Waals surface area contributed by atoms with Gasteiger partial charge in [-0.1, -0.05) is 41.7 Å². The third kappa shape index (κ3) is 2.70. The number of thiazole rings is 1. The maximum absolute atomic E-state index is 12.1. The van der Waals surface area contributed by atoms with Crippen LogP contribution in [0.15, 0.2) is 36.6 Å². The highest BCUT2D eigenvalue weighted by Crippen LogP contribution is 2.36. The van der Waals surface area contributed by atoms with E-state index in [4.69, 9.17) is 9.47 Å². The molecule has 23 heavy (non-hydrogen) atoms. The molecule has 2 heterocycles. The zero-order chi connectivity index (χ0) is 16.4. The zero-order valence-corrected chi connectivity index (χ0v) is 13.8. The van der Waals surface area contributed by atoms with Gasteiger partial charge in [-0.05, 0) is 6.92 Å². The van der Waals surface area contributed by atoms with Crippen molar-refractivity contribution in [2.45, 2.75) is 6.92 Å². The maximum atomic E-state index is 12.1. The number of carbonyl (C=O) groups is 1. The van der Waals surface area contributed by atoms with E-state index in [2.05, 4.69) is 10.1 Å². The van der Waals surface area contributed by atoms with Gasteiger partial charge in [0.15, 0.2) is 0 Å². The van der Waals surface area contributed by atoms with Crippen molar-refractivity contribution in [2.75, 3.05) is 14.2 Å².